The first-order valence-electron chi connectivity index (χ1n) is 4.90. The standard InChI is InChI=1S/C13H16O/c14-12-8-3-1-2-5-9-13-10-6-4-7-11-13/h1-4,6-8,10-11,14H,5,9,12H2. The number of hydrogen-bond acceptors (Lipinski definition) is 1. The lowest BCUT2D eigenvalue weighted by atomic mass is 10.1. The summed E-state index contributed by atoms with van der Waals surface area (Å²) in [7, 11) is 0. The molecule has 1 heteroatoms. The molecule has 0 radical (unpaired) electrons. The Labute approximate surface area is 85.4 Å². The number of hydrogen-bond donors (Lipinski definition) is 1. The van der Waals surface area contributed by atoms with E-state index in [2.05, 4.69) is 30.3 Å². The summed E-state index contributed by atoms with van der Waals surface area (Å²) in [5.74, 6) is 0. The molecule has 14 heavy (non-hydrogen) atoms. The SMILES string of the molecule is OCC=CC=CCCc1ccccc1. The van der Waals surface area contributed by atoms with Crippen LogP contribution in [0.2, 0.25) is 0 Å². The molecule has 1 rings (SSSR count). The van der Waals surface area contributed by atoms with Crippen molar-refractivity contribution in [2.24, 2.45) is 0 Å². The molecular formula is C13H16O. The summed E-state index contributed by atoms with van der Waals surface area (Å²) in [6.07, 6.45) is 9.78. The van der Waals surface area contributed by atoms with Crippen LogP contribution in [0.25, 0.3) is 0 Å². The second kappa shape index (κ2) is 7.10. The van der Waals surface area contributed by atoms with Crippen LogP contribution in [-0.2, 0) is 6.42 Å². The van der Waals surface area contributed by atoms with Crippen LogP contribution < -0.4 is 0 Å². The molecule has 74 valence electrons. The molecule has 1 nitrogen and oxygen atoms in total. The van der Waals surface area contributed by atoms with E-state index in [1.54, 1.807) is 6.08 Å². The third-order valence-corrected chi connectivity index (χ3v) is 1.93. The van der Waals surface area contributed by atoms with Gasteiger partial charge < -0.3 is 5.11 Å². The number of aryl methyl sites for hydroxylation is 1. The summed E-state index contributed by atoms with van der Waals surface area (Å²) in [6, 6.07) is 10.4. The van der Waals surface area contributed by atoms with Crippen LogP contribution in [0.15, 0.2) is 54.6 Å². The van der Waals surface area contributed by atoms with Gasteiger partial charge in [0.05, 0.1) is 6.61 Å². The molecule has 0 aliphatic heterocycles. The van der Waals surface area contributed by atoms with E-state index in [1.165, 1.54) is 5.56 Å². The van der Waals surface area contributed by atoms with Gasteiger partial charge in [0.25, 0.3) is 0 Å². The Morgan fingerprint density at radius 2 is 1.71 bits per heavy atom. The molecule has 0 aliphatic carbocycles. The molecule has 0 saturated heterocycles. The zero-order chi connectivity index (χ0) is 10.1. The molecule has 0 amide bonds. The molecule has 0 unspecified atom stereocenters. The molecule has 1 aromatic rings. The smallest absolute Gasteiger partial charge is 0.0615 e. The van der Waals surface area contributed by atoms with Gasteiger partial charge in [-0.25, -0.2) is 0 Å². The van der Waals surface area contributed by atoms with Gasteiger partial charge in [0.1, 0.15) is 0 Å². The highest BCUT2D eigenvalue weighted by molar-refractivity contribution is 5.15. The maximum absolute atomic E-state index is 8.48. The fourth-order valence-corrected chi connectivity index (χ4v) is 1.21. The highest BCUT2D eigenvalue weighted by atomic mass is 16.2. The van der Waals surface area contributed by atoms with Crippen LogP contribution in [0.4, 0.5) is 0 Å². The largest absolute Gasteiger partial charge is 0.392 e. The normalized spacial score (nSPS) is 11.5. The Balaban J connectivity index is 2.22. The van der Waals surface area contributed by atoms with Gasteiger partial charge in [0, 0.05) is 0 Å². The monoisotopic (exact) mass is 188 g/mol. The van der Waals surface area contributed by atoms with Crippen molar-refractivity contribution in [1.29, 1.82) is 0 Å². The van der Waals surface area contributed by atoms with Crippen LogP contribution in [0.3, 0.4) is 0 Å². The van der Waals surface area contributed by atoms with Gasteiger partial charge in [-0.1, -0.05) is 54.6 Å². The lowest BCUT2D eigenvalue weighted by molar-refractivity contribution is 0.343. The minimum atomic E-state index is 0.114. The van der Waals surface area contributed by atoms with Crippen LogP contribution in [-0.4, -0.2) is 11.7 Å². The summed E-state index contributed by atoms with van der Waals surface area (Å²) in [5, 5.41) is 8.48. The van der Waals surface area contributed by atoms with Gasteiger partial charge in [-0.15, -0.1) is 0 Å². The van der Waals surface area contributed by atoms with E-state index < -0.39 is 0 Å². The molecule has 0 aliphatic rings. The van der Waals surface area contributed by atoms with Crippen molar-refractivity contribution in [3.63, 3.8) is 0 Å². The Morgan fingerprint density at radius 3 is 2.43 bits per heavy atom. The first-order valence-corrected chi connectivity index (χ1v) is 4.90. The van der Waals surface area contributed by atoms with E-state index in [4.69, 9.17) is 5.11 Å². The van der Waals surface area contributed by atoms with Crippen LogP contribution >= 0.6 is 0 Å². The van der Waals surface area contributed by atoms with Crippen LogP contribution in [0.5, 0.6) is 0 Å². The molecule has 0 bridgehead atoms. The van der Waals surface area contributed by atoms with E-state index in [0.717, 1.165) is 12.8 Å². The first-order chi connectivity index (χ1) is 6.93. The third kappa shape index (κ3) is 4.63. The summed E-state index contributed by atoms with van der Waals surface area (Å²) >= 11 is 0. The van der Waals surface area contributed by atoms with Crippen molar-refractivity contribution in [2.45, 2.75) is 12.8 Å². The van der Waals surface area contributed by atoms with E-state index in [0.29, 0.717) is 0 Å². The van der Waals surface area contributed by atoms with Gasteiger partial charge in [0.15, 0.2) is 0 Å². The van der Waals surface area contributed by atoms with Crippen molar-refractivity contribution in [3.8, 4) is 0 Å². The zero-order valence-corrected chi connectivity index (χ0v) is 8.26. The highest BCUT2D eigenvalue weighted by Gasteiger charge is 1.86. The van der Waals surface area contributed by atoms with Gasteiger partial charge in [0.2, 0.25) is 0 Å². The van der Waals surface area contributed by atoms with Crippen molar-refractivity contribution < 1.29 is 5.11 Å². The number of aliphatic hydroxyl groups is 1. The second-order valence-corrected chi connectivity index (χ2v) is 3.06. The van der Waals surface area contributed by atoms with Crippen LogP contribution in [0.1, 0.15) is 12.0 Å². The van der Waals surface area contributed by atoms with Crippen molar-refractivity contribution in [3.05, 3.63) is 60.2 Å². The Kier molecular flexibility index (Phi) is 5.45. The predicted molar refractivity (Wildman–Crippen MR) is 60.1 cm³/mol. The van der Waals surface area contributed by atoms with E-state index >= 15 is 0 Å². The molecule has 0 saturated carbocycles. The summed E-state index contributed by atoms with van der Waals surface area (Å²) < 4.78 is 0. The van der Waals surface area contributed by atoms with Gasteiger partial charge in [-0.2, -0.15) is 0 Å². The minimum absolute atomic E-state index is 0.114. The van der Waals surface area contributed by atoms with Crippen molar-refractivity contribution >= 4 is 0 Å². The van der Waals surface area contributed by atoms with Gasteiger partial charge >= 0.3 is 0 Å². The Morgan fingerprint density at radius 1 is 1.00 bits per heavy atom. The maximum atomic E-state index is 8.48. The fourth-order valence-electron chi connectivity index (χ4n) is 1.21. The molecule has 0 aromatic heterocycles. The average molecular weight is 188 g/mol. The zero-order valence-electron chi connectivity index (χ0n) is 8.26. The maximum Gasteiger partial charge on any atom is 0.0615 e. The lowest BCUT2D eigenvalue weighted by Gasteiger charge is -1.95. The topological polar surface area (TPSA) is 20.2 Å². The first kappa shape index (κ1) is 10.7. The highest BCUT2D eigenvalue weighted by Crippen LogP contribution is 2.02. The number of benzene rings is 1. The van der Waals surface area contributed by atoms with Gasteiger partial charge in [-0.05, 0) is 18.4 Å². The molecule has 1 N–H and O–H groups in total. The molecule has 0 heterocycles. The molecule has 0 atom stereocenters. The van der Waals surface area contributed by atoms with E-state index in [9.17, 15) is 0 Å². The van der Waals surface area contributed by atoms with Crippen molar-refractivity contribution in [2.75, 3.05) is 6.61 Å². The second-order valence-electron chi connectivity index (χ2n) is 3.06. The number of rotatable bonds is 5. The predicted octanol–water partition coefficient (Wildman–Crippen LogP) is 2.72. The van der Waals surface area contributed by atoms with E-state index in [-0.39, 0.29) is 6.61 Å². The minimum Gasteiger partial charge on any atom is -0.392 e. The molecule has 0 fully saturated rings. The molecule has 1 aromatic carbocycles. The van der Waals surface area contributed by atoms with Crippen LogP contribution in [0, 0.1) is 0 Å². The Bertz CT molecular complexity index is 285. The number of aliphatic hydroxyl groups excluding tert-OH is 1. The fraction of sp³-hybridized carbons (Fsp3) is 0.231. The Hall–Kier alpha value is -1.34. The van der Waals surface area contributed by atoms with Crippen molar-refractivity contribution in [1.82, 2.24) is 0 Å². The van der Waals surface area contributed by atoms with Gasteiger partial charge in [-0.3, -0.25) is 0 Å². The number of allylic oxidation sites excluding steroid dienone is 3. The quantitative estimate of drug-likeness (QED) is 0.704. The summed E-state index contributed by atoms with van der Waals surface area (Å²) in [5.41, 5.74) is 1.36. The summed E-state index contributed by atoms with van der Waals surface area (Å²) in [6.45, 7) is 0.114. The summed E-state index contributed by atoms with van der Waals surface area (Å²) in [4.78, 5) is 0. The molecule has 0 spiro atoms. The van der Waals surface area contributed by atoms with E-state index in [1.807, 2.05) is 18.2 Å². The lowest BCUT2D eigenvalue weighted by Crippen LogP contribution is -1.80. The third-order valence-electron chi connectivity index (χ3n) is 1.93. The molecular weight excluding hydrogens is 172 g/mol. The average Bonchev–Trinajstić information content (AvgIpc) is 2.25.